The van der Waals surface area contributed by atoms with Crippen LogP contribution >= 0.6 is 0 Å². The molecule has 4 heterocycles. The molecule has 3 aromatic heterocycles. The third-order valence-electron chi connectivity index (χ3n) is 4.56. The van der Waals surface area contributed by atoms with Crippen LogP contribution in [0.25, 0.3) is 0 Å². The van der Waals surface area contributed by atoms with Gasteiger partial charge in [0, 0.05) is 18.8 Å². The van der Waals surface area contributed by atoms with E-state index >= 15 is 0 Å². The lowest BCUT2D eigenvalue weighted by Crippen LogP contribution is -2.27. The van der Waals surface area contributed by atoms with Gasteiger partial charge in [0.25, 0.3) is 11.8 Å². The highest BCUT2D eigenvalue weighted by molar-refractivity contribution is 6.04. The van der Waals surface area contributed by atoms with Gasteiger partial charge in [0.1, 0.15) is 5.76 Å². The second-order valence-corrected chi connectivity index (χ2v) is 6.62. The summed E-state index contributed by atoms with van der Waals surface area (Å²) in [4.78, 5) is 34.0. The monoisotopic (exact) mass is 380 g/mol. The lowest BCUT2D eigenvalue weighted by molar-refractivity contribution is 0.0934. The third-order valence-corrected chi connectivity index (χ3v) is 4.56. The highest BCUT2D eigenvalue weighted by atomic mass is 16.5. The molecule has 0 saturated carbocycles. The number of carbonyl (C=O) groups excluding carboxylic acids is 2. The van der Waals surface area contributed by atoms with Crippen molar-refractivity contribution in [3.63, 3.8) is 0 Å². The zero-order valence-electron chi connectivity index (χ0n) is 15.4. The molecule has 0 fully saturated rings. The number of amides is 2. The fourth-order valence-corrected chi connectivity index (χ4v) is 3.25. The van der Waals surface area contributed by atoms with Crippen molar-refractivity contribution in [1.29, 1.82) is 0 Å². The van der Waals surface area contributed by atoms with Gasteiger partial charge in [0.2, 0.25) is 0 Å². The Morgan fingerprint density at radius 1 is 1.25 bits per heavy atom. The van der Waals surface area contributed by atoms with Crippen LogP contribution in [-0.2, 0) is 19.5 Å². The summed E-state index contributed by atoms with van der Waals surface area (Å²) in [5.74, 6) is 0.429. The SMILES string of the molecule is Cc1cc(NC(=O)c2nc(C(=O)NCc3ccccn3)n3c2CCCC3)no1. The predicted octanol–water partition coefficient (Wildman–Crippen LogP) is 2.09. The molecule has 1 aliphatic rings. The predicted molar refractivity (Wildman–Crippen MR) is 99.8 cm³/mol. The Morgan fingerprint density at radius 2 is 2.14 bits per heavy atom. The van der Waals surface area contributed by atoms with Crippen molar-refractivity contribution >= 4 is 17.6 Å². The highest BCUT2D eigenvalue weighted by Crippen LogP contribution is 2.22. The molecule has 9 heteroatoms. The number of carbonyl (C=O) groups is 2. The molecular weight excluding hydrogens is 360 g/mol. The number of hydrogen-bond donors (Lipinski definition) is 2. The number of rotatable bonds is 5. The summed E-state index contributed by atoms with van der Waals surface area (Å²) in [6.07, 6.45) is 4.26. The molecule has 28 heavy (non-hydrogen) atoms. The van der Waals surface area contributed by atoms with Gasteiger partial charge in [-0.1, -0.05) is 11.2 Å². The Hall–Kier alpha value is -3.49. The average molecular weight is 380 g/mol. The number of nitrogens with one attached hydrogen (secondary N) is 2. The molecule has 1 aliphatic heterocycles. The van der Waals surface area contributed by atoms with Gasteiger partial charge in [0.15, 0.2) is 17.3 Å². The summed E-state index contributed by atoms with van der Waals surface area (Å²) >= 11 is 0. The van der Waals surface area contributed by atoms with E-state index < -0.39 is 5.91 Å². The van der Waals surface area contributed by atoms with Crippen molar-refractivity contribution in [2.24, 2.45) is 0 Å². The molecule has 0 saturated heterocycles. The molecule has 4 rings (SSSR count). The van der Waals surface area contributed by atoms with Crippen LogP contribution in [0.1, 0.15) is 51.1 Å². The Morgan fingerprint density at radius 3 is 2.89 bits per heavy atom. The first-order chi connectivity index (χ1) is 13.6. The van der Waals surface area contributed by atoms with E-state index in [4.69, 9.17) is 4.52 Å². The molecule has 2 amide bonds. The van der Waals surface area contributed by atoms with Gasteiger partial charge in [0.05, 0.1) is 17.9 Å². The minimum absolute atomic E-state index is 0.243. The molecule has 2 N–H and O–H groups in total. The minimum Gasteiger partial charge on any atom is -0.360 e. The normalized spacial score (nSPS) is 13.0. The van der Waals surface area contributed by atoms with Crippen molar-refractivity contribution in [3.05, 3.63) is 59.1 Å². The standard InChI is InChI=1S/C19H20N6O3/c1-12-10-15(24-28-12)22-18(26)16-14-7-3-5-9-25(14)17(23-16)19(27)21-11-13-6-2-4-8-20-13/h2,4,6,8,10H,3,5,7,9,11H2,1H3,(H,21,27)(H,22,24,26). The first-order valence-corrected chi connectivity index (χ1v) is 9.14. The maximum absolute atomic E-state index is 12.7. The fourth-order valence-electron chi connectivity index (χ4n) is 3.25. The Kier molecular flexibility index (Phi) is 4.88. The van der Waals surface area contributed by atoms with Crippen LogP contribution in [0.5, 0.6) is 0 Å². The molecule has 0 aliphatic carbocycles. The minimum atomic E-state index is -0.400. The van der Waals surface area contributed by atoms with Gasteiger partial charge >= 0.3 is 0 Å². The molecule has 0 atom stereocenters. The topological polar surface area (TPSA) is 115 Å². The van der Waals surface area contributed by atoms with Gasteiger partial charge in [-0.15, -0.1) is 0 Å². The van der Waals surface area contributed by atoms with Crippen molar-refractivity contribution in [2.45, 2.75) is 39.3 Å². The van der Waals surface area contributed by atoms with Crippen LogP contribution in [0, 0.1) is 6.92 Å². The van der Waals surface area contributed by atoms with Gasteiger partial charge in [-0.25, -0.2) is 4.98 Å². The van der Waals surface area contributed by atoms with Crippen LogP contribution in [-0.4, -0.2) is 31.5 Å². The van der Waals surface area contributed by atoms with E-state index in [0.29, 0.717) is 31.1 Å². The molecule has 3 aromatic rings. The summed E-state index contributed by atoms with van der Waals surface area (Å²) in [6.45, 7) is 2.69. The molecule has 9 nitrogen and oxygen atoms in total. The van der Waals surface area contributed by atoms with Gasteiger partial charge < -0.3 is 19.7 Å². The number of aromatic nitrogens is 4. The number of aryl methyl sites for hydroxylation is 1. The summed E-state index contributed by atoms with van der Waals surface area (Å²) in [5.41, 5.74) is 1.77. The van der Waals surface area contributed by atoms with E-state index in [1.807, 2.05) is 22.8 Å². The second kappa shape index (κ2) is 7.63. The average Bonchev–Trinajstić information content (AvgIpc) is 3.30. The van der Waals surface area contributed by atoms with Crippen LogP contribution in [0.2, 0.25) is 0 Å². The Labute approximate surface area is 161 Å². The molecule has 0 aromatic carbocycles. The summed E-state index contributed by atoms with van der Waals surface area (Å²) in [6, 6.07) is 7.14. The number of anilines is 1. The van der Waals surface area contributed by atoms with Crippen molar-refractivity contribution in [2.75, 3.05) is 5.32 Å². The Bertz CT molecular complexity index is 1010. The zero-order chi connectivity index (χ0) is 19.5. The summed E-state index contributed by atoms with van der Waals surface area (Å²) in [5, 5.41) is 9.28. The smallest absolute Gasteiger partial charge is 0.287 e. The van der Waals surface area contributed by atoms with Crippen LogP contribution in [0.15, 0.2) is 35.0 Å². The molecule has 0 unspecified atom stereocenters. The number of imidazole rings is 1. The third kappa shape index (κ3) is 3.64. The van der Waals surface area contributed by atoms with E-state index in [2.05, 4.69) is 25.8 Å². The molecule has 0 spiro atoms. The van der Waals surface area contributed by atoms with Gasteiger partial charge in [-0.05, 0) is 38.3 Å². The number of nitrogens with zero attached hydrogens (tertiary/aromatic N) is 4. The number of pyridine rings is 1. The maximum atomic E-state index is 12.7. The number of fused-ring (bicyclic) bond motifs is 1. The summed E-state index contributed by atoms with van der Waals surface area (Å²) in [7, 11) is 0. The van der Waals surface area contributed by atoms with E-state index in [1.165, 1.54) is 0 Å². The van der Waals surface area contributed by atoms with Crippen molar-refractivity contribution in [3.8, 4) is 0 Å². The van der Waals surface area contributed by atoms with Crippen LogP contribution in [0.4, 0.5) is 5.82 Å². The lowest BCUT2D eigenvalue weighted by atomic mass is 10.1. The van der Waals surface area contributed by atoms with Crippen LogP contribution < -0.4 is 10.6 Å². The van der Waals surface area contributed by atoms with Crippen LogP contribution in [0.3, 0.4) is 0 Å². The fraction of sp³-hybridized carbons (Fsp3) is 0.316. The van der Waals surface area contributed by atoms with Crippen molar-refractivity contribution in [1.82, 2.24) is 25.0 Å². The first kappa shape index (κ1) is 17.9. The molecular formula is C19H20N6O3. The van der Waals surface area contributed by atoms with Gasteiger partial charge in [-0.2, -0.15) is 0 Å². The van der Waals surface area contributed by atoms with E-state index in [0.717, 1.165) is 24.2 Å². The molecule has 0 radical (unpaired) electrons. The second-order valence-electron chi connectivity index (χ2n) is 6.62. The lowest BCUT2D eigenvalue weighted by Gasteiger charge is -2.16. The Balaban J connectivity index is 1.56. The van der Waals surface area contributed by atoms with E-state index in [9.17, 15) is 9.59 Å². The van der Waals surface area contributed by atoms with E-state index in [1.54, 1.807) is 19.2 Å². The van der Waals surface area contributed by atoms with E-state index in [-0.39, 0.29) is 17.4 Å². The quantitative estimate of drug-likeness (QED) is 0.700. The van der Waals surface area contributed by atoms with Gasteiger partial charge in [-0.3, -0.25) is 14.6 Å². The van der Waals surface area contributed by atoms with Crippen molar-refractivity contribution < 1.29 is 14.1 Å². The maximum Gasteiger partial charge on any atom is 0.287 e. The first-order valence-electron chi connectivity index (χ1n) is 9.14. The molecule has 144 valence electrons. The highest BCUT2D eigenvalue weighted by Gasteiger charge is 2.27. The summed E-state index contributed by atoms with van der Waals surface area (Å²) < 4.78 is 6.80. The molecule has 0 bridgehead atoms. The zero-order valence-corrected chi connectivity index (χ0v) is 15.4. The largest absolute Gasteiger partial charge is 0.360 e. The number of hydrogen-bond acceptors (Lipinski definition) is 6.